The van der Waals surface area contributed by atoms with E-state index in [9.17, 15) is 26.4 Å². The average Bonchev–Trinajstić information content (AvgIpc) is 2.64. The molecule has 0 spiro atoms. The summed E-state index contributed by atoms with van der Waals surface area (Å²) in [5.41, 5.74) is 0.289. The minimum absolute atomic E-state index is 0.118. The molecule has 13 heteroatoms. The quantitative estimate of drug-likeness (QED) is 0.568. The third-order valence-electron chi connectivity index (χ3n) is 3.84. The molecule has 0 atom stereocenters. The van der Waals surface area contributed by atoms with Crippen LogP contribution in [0.4, 0.5) is 5.69 Å². The van der Waals surface area contributed by atoms with E-state index >= 15 is 0 Å². The number of carbonyl (C=O) groups is 2. The molecule has 3 rings (SSSR count). The van der Waals surface area contributed by atoms with Crippen molar-refractivity contribution in [2.75, 3.05) is 24.2 Å². The number of ether oxygens (including phenoxy) is 1. The molecule has 154 valence electrons. The van der Waals surface area contributed by atoms with Crippen molar-refractivity contribution in [1.82, 2.24) is 4.90 Å². The van der Waals surface area contributed by atoms with Crippen LogP contribution in [0, 0.1) is 0 Å². The Hall–Kier alpha value is -3.03. The minimum Gasteiger partial charge on any atom is -0.452 e. The molecule has 1 aromatic rings. The van der Waals surface area contributed by atoms with Gasteiger partial charge in [0.2, 0.25) is 10.0 Å². The number of hydrogen-bond acceptors (Lipinski definition) is 8. The highest BCUT2D eigenvalue weighted by atomic mass is 32.2. The zero-order chi connectivity index (χ0) is 21.2. The number of rotatable bonds is 5. The average molecular weight is 440 g/mol. The van der Waals surface area contributed by atoms with Gasteiger partial charge in [0.1, 0.15) is 5.84 Å². The number of nitrogens with zero attached hydrogens (tertiary/aromatic N) is 2. The molecule has 2 heterocycles. The fraction of sp³-hybridized carbons (Fsp3) is 0.188. The third kappa shape index (κ3) is 5.28. The van der Waals surface area contributed by atoms with E-state index in [0.29, 0.717) is 0 Å². The number of nitrogens with one attached hydrogen (secondary N) is 1. The van der Waals surface area contributed by atoms with Crippen LogP contribution in [0.1, 0.15) is 0 Å². The lowest BCUT2D eigenvalue weighted by Crippen LogP contribution is -2.37. The van der Waals surface area contributed by atoms with E-state index in [-0.39, 0.29) is 34.3 Å². The highest BCUT2D eigenvalue weighted by Crippen LogP contribution is 2.17. The molecule has 0 bridgehead atoms. The summed E-state index contributed by atoms with van der Waals surface area (Å²) in [5, 5.41) is 7.43. The van der Waals surface area contributed by atoms with E-state index in [0.717, 1.165) is 0 Å². The van der Waals surface area contributed by atoms with E-state index < -0.39 is 38.5 Å². The van der Waals surface area contributed by atoms with Crippen molar-refractivity contribution in [2.45, 2.75) is 4.90 Å². The van der Waals surface area contributed by atoms with Gasteiger partial charge in [-0.25, -0.2) is 26.8 Å². The molecule has 0 radical (unpaired) electrons. The predicted molar refractivity (Wildman–Crippen MR) is 103 cm³/mol. The van der Waals surface area contributed by atoms with Gasteiger partial charge < -0.3 is 15.0 Å². The lowest BCUT2D eigenvalue weighted by Gasteiger charge is -2.26. The van der Waals surface area contributed by atoms with Crippen LogP contribution in [0.5, 0.6) is 0 Å². The van der Waals surface area contributed by atoms with Crippen molar-refractivity contribution >= 4 is 43.4 Å². The van der Waals surface area contributed by atoms with Gasteiger partial charge in [0, 0.05) is 18.4 Å². The highest BCUT2D eigenvalue weighted by molar-refractivity contribution is 7.90. The van der Waals surface area contributed by atoms with Crippen LogP contribution < -0.4 is 10.5 Å². The monoisotopic (exact) mass is 440 g/mol. The van der Waals surface area contributed by atoms with Gasteiger partial charge in [0.15, 0.2) is 6.61 Å². The first-order chi connectivity index (χ1) is 13.5. The molecular formula is C16H16N4O7S2. The molecule has 0 fully saturated rings. The second kappa shape index (κ2) is 7.77. The van der Waals surface area contributed by atoms with E-state index in [1.807, 2.05) is 0 Å². The van der Waals surface area contributed by atoms with Crippen molar-refractivity contribution in [2.24, 2.45) is 9.54 Å². The minimum atomic E-state index is -3.92. The molecule has 29 heavy (non-hydrogen) atoms. The molecule has 1 aromatic carbocycles. The fourth-order valence-electron chi connectivity index (χ4n) is 2.48. The zero-order valence-corrected chi connectivity index (χ0v) is 16.4. The van der Waals surface area contributed by atoms with Gasteiger partial charge in [0.05, 0.1) is 16.2 Å². The zero-order valence-electron chi connectivity index (χ0n) is 14.8. The first-order valence-electron chi connectivity index (χ1n) is 8.12. The number of hydrogen-bond donors (Lipinski definition) is 2. The number of sulfonamides is 2. The molecule has 0 saturated carbocycles. The SMILES string of the molecule is NS(=O)(=O)c1cccc(NC(=O)COC(=O)C2=CN3CCS(=O)(=O)N=C3C=C2)c1. The molecule has 11 nitrogen and oxygen atoms in total. The Balaban J connectivity index is 1.58. The number of amides is 1. The van der Waals surface area contributed by atoms with E-state index in [1.54, 1.807) is 0 Å². The van der Waals surface area contributed by atoms with Crippen molar-refractivity contribution in [3.8, 4) is 0 Å². The first-order valence-corrected chi connectivity index (χ1v) is 11.3. The summed E-state index contributed by atoms with van der Waals surface area (Å²) in [4.78, 5) is 25.4. The second-order valence-corrected chi connectivity index (χ2v) is 9.36. The van der Waals surface area contributed by atoms with Crippen LogP contribution in [0.2, 0.25) is 0 Å². The third-order valence-corrected chi connectivity index (χ3v) is 5.92. The Kier molecular flexibility index (Phi) is 5.55. The largest absolute Gasteiger partial charge is 0.452 e. The van der Waals surface area contributed by atoms with E-state index in [4.69, 9.17) is 9.88 Å². The van der Waals surface area contributed by atoms with E-state index in [1.165, 1.54) is 47.5 Å². The van der Waals surface area contributed by atoms with Gasteiger partial charge in [-0.3, -0.25) is 4.79 Å². The number of esters is 1. The lowest BCUT2D eigenvalue weighted by atomic mass is 10.2. The molecule has 3 N–H and O–H groups in total. The Morgan fingerprint density at radius 1 is 1.28 bits per heavy atom. The molecule has 0 saturated heterocycles. The summed E-state index contributed by atoms with van der Waals surface area (Å²) < 4.78 is 54.2. The van der Waals surface area contributed by atoms with Crippen LogP contribution in [0.25, 0.3) is 0 Å². The van der Waals surface area contributed by atoms with Gasteiger partial charge >= 0.3 is 5.97 Å². The van der Waals surface area contributed by atoms with Crippen LogP contribution >= 0.6 is 0 Å². The molecule has 0 aliphatic carbocycles. The predicted octanol–water partition coefficient (Wildman–Crippen LogP) is -0.687. The summed E-state index contributed by atoms with van der Waals surface area (Å²) in [6.07, 6.45) is 4.10. The molecule has 0 unspecified atom stereocenters. The van der Waals surface area contributed by atoms with Crippen molar-refractivity contribution < 1.29 is 31.2 Å². The Labute approximate surface area is 166 Å². The number of carbonyl (C=O) groups excluding carboxylic acids is 2. The van der Waals surface area contributed by atoms with Crippen LogP contribution in [-0.2, 0) is 34.4 Å². The van der Waals surface area contributed by atoms with Gasteiger partial charge in [0.25, 0.3) is 15.9 Å². The number of anilines is 1. The number of amidine groups is 1. The summed E-state index contributed by atoms with van der Waals surface area (Å²) in [7, 11) is -7.43. The lowest BCUT2D eigenvalue weighted by molar-refractivity contribution is -0.143. The maximum absolute atomic E-state index is 12.1. The van der Waals surface area contributed by atoms with Crippen LogP contribution in [0.15, 0.2) is 57.5 Å². The maximum atomic E-state index is 12.1. The van der Waals surface area contributed by atoms with Crippen molar-refractivity contribution in [3.63, 3.8) is 0 Å². The topological polar surface area (TPSA) is 165 Å². The highest BCUT2D eigenvalue weighted by Gasteiger charge is 2.25. The van der Waals surface area contributed by atoms with Gasteiger partial charge in [-0.1, -0.05) is 6.07 Å². The van der Waals surface area contributed by atoms with Gasteiger partial charge in [-0.05, 0) is 30.4 Å². The van der Waals surface area contributed by atoms with Gasteiger partial charge in [-0.15, -0.1) is 4.40 Å². The standard InChI is InChI=1S/C16H16N4O7S2/c17-29(25,26)13-3-1-2-12(8-13)18-15(21)10-27-16(22)11-4-5-14-19-28(23,24)7-6-20(14)9-11/h1-5,8-9H,6-7,10H2,(H,18,21)(H2,17,25,26). The smallest absolute Gasteiger partial charge is 0.340 e. The summed E-state index contributed by atoms with van der Waals surface area (Å²) in [6, 6.07) is 5.30. The van der Waals surface area contributed by atoms with Crippen LogP contribution in [-0.4, -0.2) is 58.4 Å². The van der Waals surface area contributed by atoms with Crippen molar-refractivity contribution in [1.29, 1.82) is 0 Å². The Bertz CT molecular complexity index is 1170. The molecule has 2 aliphatic heterocycles. The Morgan fingerprint density at radius 2 is 2.03 bits per heavy atom. The summed E-state index contributed by atoms with van der Waals surface area (Å²) in [6.45, 7) is -0.470. The van der Waals surface area contributed by atoms with Gasteiger partial charge in [-0.2, -0.15) is 0 Å². The second-order valence-electron chi connectivity index (χ2n) is 6.04. The summed E-state index contributed by atoms with van der Waals surface area (Å²) in [5.74, 6) is -1.46. The number of primary sulfonamides is 1. The van der Waals surface area contributed by atoms with E-state index in [2.05, 4.69) is 9.71 Å². The molecular weight excluding hydrogens is 424 g/mol. The Morgan fingerprint density at radius 3 is 2.76 bits per heavy atom. The normalized spacial score (nSPS) is 17.6. The first kappa shape index (κ1) is 20.7. The van der Waals surface area contributed by atoms with Crippen LogP contribution in [0.3, 0.4) is 0 Å². The molecule has 2 aliphatic rings. The fourth-order valence-corrected chi connectivity index (χ4v) is 4.01. The maximum Gasteiger partial charge on any atom is 0.340 e. The van der Waals surface area contributed by atoms with Crippen molar-refractivity contribution in [3.05, 3.63) is 48.2 Å². The number of nitrogens with two attached hydrogens (primary N) is 1. The summed E-state index contributed by atoms with van der Waals surface area (Å²) >= 11 is 0. The molecule has 1 amide bonds. The molecule has 0 aromatic heterocycles. The number of fused-ring (bicyclic) bond motifs is 1. The number of benzene rings is 1.